The summed E-state index contributed by atoms with van der Waals surface area (Å²) in [5.41, 5.74) is 7.63. The first-order valence-electron chi connectivity index (χ1n) is 5.17. The summed E-state index contributed by atoms with van der Waals surface area (Å²) in [6.07, 6.45) is 0. The third-order valence-corrected chi connectivity index (χ3v) is 3.57. The third kappa shape index (κ3) is 2.07. The summed E-state index contributed by atoms with van der Waals surface area (Å²) in [6, 6.07) is 6.05. The van der Waals surface area contributed by atoms with Gasteiger partial charge in [0.15, 0.2) is 0 Å². The standard InChI is InChI=1S/C11H15N3OS/c1-13-7-14-9-4-8(5-12)2-3-10(9)16-6-11(14)15/h2-4,13H,5-7,12H2,1H3. The molecule has 0 bridgehead atoms. The summed E-state index contributed by atoms with van der Waals surface area (Å²) in [7, 11) is 1.83. The lowest BCUT2D eigenvalue weighted by atomic mass is 10.2. The molecule has 0 fully saturated rings. The Bertz CT molecular complexity index is 408. The Balaban J connectivity index is 2.39. The number of rotatable bonds is 3. The maximum atomic E-state index is 11.8. The van der Waals surface area contributed by atoms with Crippen LogP contribution in [0.2, 0.25) is 0 Å². The highest BCUT2D eigenvalue weighted by Crippen LogP contribution is 2.35. The van der Waals surface area contributed by atoms with Gasteiger partial charge in [-0.05, 0) is 24.7 Å². The van der Waals surface area contributed by atoms with Crippen LogP contribution < -0.4 is 16.0 Å². The molecule has 0 aliphatic carbocycles. The van der Waals surface area contributed by atoms with E-state index in [1.54, 1.807) is 16.7 Å². The molecular weight excluding hydrogens is 222 g/mol. The fraction of sp³-hybridized carbons (Fsp3) is 0.364. The molecule has 1 aliphatic heterocycles. The Morgan fingerprint density at radius 2 is 2.38 bits per heavy atom. The number of carbonyl (C=O) groups excluding carboxylic acids is 1. The molecule has 0 aromatic heterocycles. The van der Waals surface area contributed by atoms with Gasteiger partial charge in [0.1, 0.15) is 0 Å². The van der Waals surface area contributed by atoms with Crippen molar-refractivity contribution in [3.05, 3.63) is 23.8 Å². The molecule has 0 saturated heterocycles. The second kappa shape index (κ2) is 4.86. The highest BCUT2D eigenvalue weighted by atomic mass is 32.2. The Kier molecular flexibility index (Phi) is 3.48. The number of nitrogens with one attached hydrogen (secondary N) is 1. The van der Waals surface area contributed by atoms with Gasteiger partial charge in [0.05, 0.1) is 18.1 Å². The zero-order valence-corrected chi connectivity index (χ0v) is 10.0. The predicted molar refractivity (Wildman–Crippen MR) is 66.5 cm³/mol. The molecule has 3 N–H and O–H groups in total. The number of fused-ring (bicyclic) bond motifs is 1. The highest BCUT2D eigenvalue weighted by molar-refractivity contribution is 8.00. The molecule has 2 rings (SSSR count). The molecule has 1 heterocycles. The van der Waals surface area contributed by atoms with Crippen LogP contribution in [0, 0.1) is 0 Å². The van der Waals surface area contributed by atoms with Crippen LogP contribution in [0.4, 0.5) is 5.69 Å². The van der Waals surface area contributed by atoms with Crippen molar-refractivity contribution in [2.75, 3.05) is 24.4 Å². The van der Waals surface area contributed by atoms with E-state index in [9.17, 15) is 4.79 Å². The van der Waals surface area contributed by atoms with Crippen molar-refractivity contribution in [3.63, 3.8) is 0 Å². The van der Waals surface area contributed by atoms with Crippen molar-refractivity contribution < 1.29 is 4.79 Å². The summed E-state index contributed by atoms with van der Waals surface area (Å²) in [6.45, 7) is 1.04. The average Bonchev–Trinajstić information content (AvgIpc) is 2.32. The third-order valence-electron chi connectivity index (χ3n) is 2.52. The first-order chi connectivity index (χ1) is 7.76. The van der Waals surface area contributed by atoms with Crippen molar-refractivity contribution in [2.24, 2.45) is 5.73 Å². The molecule has 0 atom stereocenters. The lowest BCUT2D eigenvalue weighted by molar-refractivity contribution is -0.116. The predicted octanol–water partition coefficient (Wildman–Crippen LogP) is 0.761. The van der Waals surface area contributed by atoms with Crippen molar-refractivity contribution in [3.8, 4) is 0 Å². The lowest BCUT2D eigenvalue weighted by Crippen LogP contribution is -2.41. The van der Waals surface area contributed by atoms with Gasteiger partial charge in [-0.3, -0.25) is 9.69 Å². The number of benzene rings is 1. The Morgan fingerprint density at radius 1 is 1.56 bits per heavy atom. The van der Waals surface area contributed by atoms with E-state index in [0.717, 1.165) is 16.1 Å². The van der Waals surface area contributed by atoms with Crippen molar-refractivity contribution >= 4 is 23.4 Å². The van der Waals surface area contributed by atoms with Gasteiger partial charge in [-0.1, -0.05) is 6.07 Å². The van der Waals surface area contributed by atoms with Crippen LogP contribution >= 0.6 is 11.8 Å². The highest BCUT2D eigenvalue weighted by Gasteiger charge is 2.23. The maximum Gasteiger partial charge on any atom is 0.238 e. The van der Waals surface area contributed by atoms with Gasteiger partial charge >= 0.3 is 0 Å². The number of nitrogens with zero attached hydrogens (tertiary/aromatic N) is 1. The summed E-state index contributed by atoms with van der Waals surface area (Å²) in [4.78, 5) is 14.7. The fourth-order valence-electron chi connectivity index (χ4n) is 1.71. The minimum Gasteiger partial charge on any atom is -0.326 e. The summed E-state index contributed by atoms with van der Waals surface area (Å²) < 4.78 is 0. The molecule has 1 aliphatic rings. The van der Waals surface area contributed by atoms with Gasteiger partial charge in [-0.2, -0.15) is 0 Å². The van der Waals surface area contributed by atoms with Gasteiger partial charge in [0, 0.05) is 11.4 Å². The average molecular weight is 237 g/mol. The number of nitrogens with two attached hydrogens (primary N) is 1. The molecule has 16 heavy (non-hydrogen) atoms. The fourth-order valence-corrected chi connectivity index (χ4v) is 2.62. The Hall–Kier alpha value is -1.04. The van der Waals surface area contributed by atoms with Crippen LogP contribution in [-0.2, 0) is 11.3 Å². The van der Waals surface area contributed by atoms with Crippen LogP contribution in [0.5, 0.6) is 0 Å². The molecule has 86 valence electrons. The second-order valence-electron chi connectivity index (χ2n) is 3.63. The molecule has 4 nitrogen and oxygen atoms in total. The first kappa shape index (κ1) is 11.4. The van der Waals surface area contributed by atoms with E-state index in [0.29, 0.717) is 19.0 Å². The quantitative estimate of drug-likeness (QED) is 0.815. The van der Waals surface area contributed by atoms with Crippen molar-refractivity contribution in [2.45, 2.75) is 11.4 Å². The zero-order chi connectivity index (χ0) is 11.5. The lowest BCUT2D eigenvalue weighted by Gasteiger charge is -2.29. The molecule has 0 unspecified atom stereocenters. The maximum absolute atomic E-state index is 11.8. The van der Waals surface area contributed by atoms with E-state index in [-0.39, 0.29) is 5.91 Å². The summed E-state index contributed by atoms with van der Waals surface area (Å²) in [5.74, 6) is 0.650. The molecule has 0 radical (unpaired) electrons. The summed E-state index contributed by atoms with van der Waals surface area (Å²) in [5, 5.41) is 3.01. The van der Waals surface area contributed by atoms with Gasteiger partial charge in [0.2, 0.25) is 5.91 Å². The monoisotopic (exact) mass is 237 g/mol. The zero-order valence-electron chi connectivity index (χ0n) is 9.19. The van der Waals surface area contributed by atoms with Crippen LogP contribution in [0.15, 0.2) is 23.1 Å². The van der Waals surface area contributed by atoms with E-state index in [4.69, 9.17) is 5.73 Å². The van der Waals surface area contributed by atoms with Gasteiger partial charge in [-0.15, -0.1) is 11.8 Å². The molecule has 0 saturated carbocycles. The van der Waals surface area contributed by atoms with Crippen LogP contribution in [-0.4, -0.2) is 25.4 Å². The minimum atomic E-state index is 0.140. The first-order valence-corrected chi connectivity index (χ1v) is 6.15. The number of hydrogen-bond acceptors (Lipinski definition) is 4. The van der Waals surface area contributed by atoms with Gasteiger partial charge in [-0.25, -0.2) is 0 Å². The van der Waals surface area contributed by atoms with Gasteiger partial charge in [0.25, 0.3) is 0 Å². The van der Waals surface area contributed by atoms with Crippen LogP contribution in [0.3, 0.4) is 0 Å². The Morgan fingerprint density at radius 3 is 3.06 bits per heavy atom. The molecule has 5 heteroatoms. The number of thioether (sulfide) groups is 1. The smallest absolute Gasteiger partial charge is 0.238 e. The van der Waals surface area contributed by atoms with E-state index >= 15 is 0 Å². The van der Waals surface area contributed by atoms with Gasteiger partial charge < -0.3 is 11.1 Å². The van der Waals surface area contributed by atoms with Crippen molar-refractivity contribution in [1.29, 1.82) is 0 Å². The van der Waals surface area contributed by atoms with Crippen LogP contribution in [0.1, 0.15) is 5.56 Å². The number of amides is 1. The van der Waals surface area contributed by atoms with E-state index < -0.39 is 0 Å². The Labute approximate surface area is 99.2 Å². The topological polar surface area (TPSA) is 58.4 Å². The number of hydrogen-bond donors (Lipinski definition) is 2. The molecule has 1 aromatic rings. The minimum absolute atomic E-state index is 0.140. The van der Waals surface area contributed by atoms with Crippen LogP contribution in [0.25, 0.3) is 0 Å². The normalized spacial score (nSPS) is 15.1. The second-order valence-corrected chi connectivity index (χ2v) is 4.65. The van der Waals surface area contributed by atoms with E-state index in [1.165, 1.54) is 0 Å². The SMILES string of the molecule is CNCN1C(=O)CSc2ccc(CN)cc21. The number of carbonyl (C=O) groups is 1. The van der Waals surface area contributed by atoms with E-state index in [2.05, 4.69) is 5.32 Å². The van der Waals surface area contributed by atoms with Crippen molar-refractivity contribution in [1.82, 2.24) is 5.32 Å². The number of anilines is 1. The summed E-state index contributed by atoms with van der Waals surface area (Å²) >= 11 is 1.59. The molecule has 0 spiro atoms. The van der Waals surface area contributed by atoms with E-state index in [1.807, 2.05) is 25.2 Å². The molecular formula is C11H15N3OS. The largest absolute Gasteiger partial charge is 0.326 e. The molecule has 1 amide bonds. The molecule has 1 aromatic carbocycles.